The summed E-state index contributed by atoms with van der Waals surface area (Å²) in [7, 11) is 0. The molecule has 158 valence electrons. The first-order valence-corrected chi connectivity index (χ1v) is 11.0. The normalized spacial score (nSPS) is 10.7. The number of ether oxygens (including phenoxy) is 2. The lowest BCUT2D eigenvalue weighted by Gasteiger charge is -2.07. The summed E-state index contributed by atoms with van der Waals surface area (Å²) in [5, 5.41) is 0. The highest BCUT2D eigenvalue weighted by molar-refractivity contribution is 5.72. The number of hydrogen-bond donors (Lipinski definition) is 0. The van der Waals surface area contributed by atoms with Gasteiger partial charge in [0.25, 0.3) is 0 Å². The number of carbonyl (C=O) groups is 2. The van der Waals surface area contributed by atoms with E-state index in [0.717, 1.165) is 62.5 Å². The van der Waals surface area contributed by atoms with Crippen molar-refractivity contribution in [2.24, 2.45) is 0 Å². The van der Waals surface area contributed by atoms with Gasteiger partial charge in [-0.15, -0.1) is 0 Å². The summed E-state index contributed by atoms with van der Waals surface area (Å²) in [5.74, 6) is 0.414. The van der Waals surface area contributed by atoms with Crippen molar-refractivity contribution in [1.82, 2.24) is 0 Å². The van der Waals surface area contributed by atoms with E-state index in [4.69, 9.17) is 9.47 Å². The van der Waals surface area contributed by atoms with E-state index in [1.165, 1.54) is 12.8 Å². The fourth-order valence-corrected chi connectivity index (χ4v) is 3.21. The lowest BCUT2D eigenvalue weighted by atomic mass is 10.1. The van der Waals surface area contributed by atoms with Gasteiger partial charge in [-0.2, -0.15) is 0 Å². The molecule has 0 radical (unpaired) electrons. The predicted octanol–water partition coefficient (Wildman–Crippen LogP) is 6.45. The quantitative estimate of drug-likeness (QED) is 0.196. The molecule has 1 aromatic rings. The molecule has 0 aliphatic rings. The Balaban J connectivity index is 1.95. The maximum absolute atomic E-state index is 11.9. The van der Waals surface area contributed by atoms with Crippen LogP contribution in [0.3, 0.4) is 0 Å². The Morgan fingerprint density at radius 2 is 1.25 bits per heavy atom. The van der Waals surface area contributed by atoms with Gasteiger partial charge in [0, 0.05) is 12.8 Å². The number of unbranched alkanes of at least 4 members (excludes halogenated alkanes) is 8. The topological polar surface area (TPSA) is 52.6 Å². The number of rotatable bonds is 15. The molecule has 1 aromatic carbocycles. The van der Waals surface area contributed by atoms with Crippen molar-refractivity contribution >= 4 is 11.9 Å². The second kappa shape index (κ2) is 15.1. The number of hydrogen-bond acceptors (Lipinski definition) is 4. The van der Waals surface area contributed by atoms with Gasteiger partial charge in [-0.1, -0.05) is 57.9 Å². The standard InChI is InChI=1S/C24H38O4/c1-4-5-6-13-16-27-23(25)14-11-9-7-8-10-12-15-24(26)28-22-18-20(2)17-21(3)19-22/h17-19H,4-16H2,1-3H3. The third-order valence-corrected chi connectivity index (χ3v) is 4.70. The molecule has 4 heteroatoms. The summed E-state index contributed by atoms with van der Waals surface area (Å²) < 4.78 is 10.6. The minimum absolute atomic E-state index is 0.0642. The molecule has 0 N–H and O–H groups in total. The van der Waals surface area contributed by atoms with Crippen LogP contribution in [-0.2, 0) is 14.3 Å². The molecule has 28 heavy (non-hydrogen) atoms. The van der Waals surface area contributed by atoms with Gasteiger partial charge in [0.05, 0.1) is 6.61 Å². The van der Waals surface area contributed by atoms with Crippen LogP contribution in [-0.4, -0.2) is 18.5 Å². The van der Waals surface area contributed by atoms with E-state index in [-0.39, 0.29) is 11.9 Å². The van der Waals surface area contributed by atoms with E-state index < -0.39 is 0 Å². The molecule has 0 aliphatic carbocycles. The molecular weight excluding hydrogens is 352 g/mol. The zero-order chi connectivity index (χ0) is 20.6. The number of benzene rings is 1. The Kier molecular flexibility index (Phi) is 13.1. The molecule has 0 aliphatic heterocycles. The highest BCUT2D eigenvalue weighted by atomic mass is 16.5. The first kappa shape index (κ1) is 24.2. The first-order valence-electron chi connectivity index (χ1n) is 11.0. The molecule has 0 spiro atoms. The Bertz CT molecular complexity index is 560. The van der Waals surface area contributed by atoms with Gasteiger partial charge in [-0.05, 0) is 56.4 Å². The lowest BCUT2D eigenvalue weighted by Crippen LogP contribution is -2.07. The van der Waals surface area contributed by atoms with Crippen molar-refractivity contribution in [2.45, 2.75) is 97.8 Å². The summed E-state index contributed by atoms with van der Waals surface area (Å²) in [4.78, 5) is 23.5. The maximum Gasteiger partial charge on any atom is 0.311 e. The van der Waals surface area contributed by atoms with Crippen molar-refractivity contribution in [1.29, 1.82) is 0 Å². The van der Waals surface area contributed by atoms with E-state index in [2.05, 4.69) is 13.0 Å². The molecule has 0 aromatic heterocycles. The average Bonchev–Trinajstić information content (AvgIpc) is 2.62. The number of carbonyl (C=O) groups excluding carboxylic acids is 2. The second-order valence-corrected chi connectivity index (χ2v) is 7.70. The predicted molar refractivity (Wildman–Crippen MR) is 114 cm³/mol. The van der Waals surface area contributed by atoms with Crippen molar-refractivity contribution in [3.63, 3.8) is 0 Å². The maximum atomic E-state index is 11.9. The van der Waals surface area contributed by atoms with Gasteiger partial charge >= 0.3 is 11.9 Å². The fourth-order valence-electron chi connectivity index (χ4n) is 3.21. The molecule has 0 saturated heterocycles. The smallest absolute Gasteiger partial charge is 0.311 e. The largest absolute Gasteiger partial charge is 0.466 e. The molecule has 0 bridgehead atoms. The van der Waals surface area contributed by atoms with Gasteiger partial charge < -0.3 is 9.47 Å². The van der Waals surface area contributed by atoms with E-state index in [1.54, 1.807) is 0 Å². The highest BCUT2D eigenvalue weighted by Gasteiger charge is 2.06. The van der Waals surface area contributed by atoms with Crippen molar-refractivity contribution in [3.05, 3.63) is 29.3 Å². The molecule has 0 atom stereocenters. The van der Waals surface area contributed by atoms with Crippen LogP contribution in [0.5, 0.6) is 5.75 Å². The van der Waals surface area contributed by atoms with Crippen LogP contribution in [0.4, 0.5) is 0 Å². The van der Waals surface area contributed by atoms with E-state index in [1.807, 2.05) is 26.0 Å². The van der Waals surface area contributed by atoms with Crippen LogP contribution in [0.1, 0.15) is 95.1 Å². The SMILES string of the molecule is CCCCCCOC(=O)CCCCCCCCC(=O)Oc1cc(C)cc(C)c1. The lowest BCUT2D eigenvalue weighted by molar-refractivity contribution is -0.144. The van der Waals surface area contributed by atoms with Crippen LogP contribution in [0, 0.1) is 13.8 Å². The van der Waals surface area contributed by atoms with Crippen molar-refractivity contribution in [3.8, 4) is 5.75 Å². The third-order valence-electron chi connectivity index (χ3n) is 4.70. The van der Waals surface area contributed by atoms with Crippen LogP contribution in [0.2, 0.25) is 0 Å². The van der Waals surface area contributed by atoms with Gasteiger partial charge in [-0.25, -0.2) is 0 Å². The number of aryl methyl sites for hydroxylation is 2. The Hall–Kier alpha value is -1.84. The molecule has 0 heterocycles. The van der Waals surface area contributed by atoms with E-state index in [9.17, 15) is 9.59 Å². The minimum atomic E-state index is -0.160. The van der Waals surface area contributed by atoms with Crippen LogP contribution in [0.25, 0.3) is 0 Å². The molecule has 0 unspecified atom stereocenters. The summed E-state index contributed by atoms with van der Waals surface area (Å²) >= 11 is 0. The van der Waals surface area contributed by atoms with Crippen molar-refractivity contribution < 1.29 is 19.1 Å². The molecule has 1 rings (SSSR count). The van der Waals surface area contributed by atoms with Gasteiger partial charge in [0.1, 0.15) is 5.75 Å². The third kappa shape index (κ3) is 12.5. The van der Waals surface area contributed by atoms with Gasteiger partial charge in [0.15, 0.2) is 0 Å². The zero-order valence-electron chi connectivity index (χ0n) is 18.1. The van der Waals surface area contributed by atoms with Crippen LogP contribution >= 0.6 is 0 Å². The summed E-state index contributed by atoms with van der Waals surface area (Å²) in [6.45, 7) is 6.73. The number of esters is 2. The van der Waals surface area contributed by atoms with E-state index in [0.29, 0.717) is 25.2 Å². The summed E-state index contributed by atoms with van der Waals surface area (Å²) in [6, 6.07) is 5.84. The van der Waals surface area contributed by atoms with Crippen LogP contribution < -0.4 is 4.74 Å². The Morgan fingerprint density at radius 1 is 0.714 bits per heavy atom. The molecular formula is C24H38O4. The van der Waals surface area contributed by atoms with Crippen LogP contribution in [0.15, 0.2) is 18.2 Å². The molecule has 0 saturated carbocycles. The summed E-state index contributed by atoms with van der Waals surface area (Å²) in [6.07, 6.45) is 11.5. The average molecular weight is 391 g/mol. The Morgan fingerprint density at radius 3 is 1.86 bits per heavy atom. The van der Waals surface area contributed by atoms with E-state index >= 15 is 0 Å². The highest BCUT2D eigenvalue weighted by Crippen LogP contribution is 2.17. The Labute approximate surface area is 171 Å². The molecule has 0 amide bonds. The van der Waals surface area contributed by atoms with Gasteiger partial charge in [0.2, 0.25) is 0 Å². The minimum Gasteiger partial charge on any atom is -0.466 e. The second-order valence-electron chi connectivity index (χ2n) is 7.70. The molecule has 0 fully saturated rings. The molecule has 4 nitrogen and oxygen atoms in total. The first-order chi connectivity index (χ1) is 13.5. The zero-order valence-corrected chi connectivity index (χ0v) is 18.1. The fraction of sp³-hybridized carbons (Fsp3) is 0.667. The van der Waals surface area contributed by atoms with Crippen molar-refractivity contribution in [2.75, 3.05) is 6.61 Å². The van der Waals surface area contributed by atoms with Gasteiger partial charge in [-0.3, -0.25) is 9.59 Å². The monoisotopic (exact) mass is 390 g/mol. The summed E-state index contributed by atoms with van der Waals surface area (Å²) in [5.41, 5.74) is 2.20.